The molecule has 1 saturated carbocycles. The molecule has 0 saturated heterocycles. The van der Waals surface area contributed by atoms with E-state index < -0.39 is 0 Å². The molecule has 0 bridgehead atoms. The van der Waals surface area contributed by atoms with Crippen LogP contribution < -0.4 is 14.8 Å². The Morgan fingerprint density at radius 2 is 2.00 bits per heavy atom. The Morgan fingerprint density at radius 1 is 1.21 bits per heavy atom. The normalized spacial score (nSPS) is 20.5. The van der Waals surface area contributed by atoms with Crippen LogP contribution >= 0.6 is 0 Å². The summed E-state index contributed by atoms with van der Waals surface area (Å²) in [5, 5.41) is 2.91. The van der Waals surface area contributed by atoms with Gasteiger partial charge in [-0.25, -0.2) is 0 Å². The number of nitrogens with one attached hydrogen (secondary N) is 1. The maximum Gasteiger partial charge on any atom is 0.224 e. The van der Waals surface area contributed by atoms with Crippen molar-refractivity contribution in [1.82, 2.24) is 5.32 Å². The van der Waals surface area contributed by atoms with Crippen molar-refractivity contribution in [1.29, 1.82) is 0 Å². The van der Waals surface area contributed by atoms with Crippen molar-refractivity contribution >= 4 is 5.91 Å². The second-order valence-corrected chi connectivity index (χ2v) is 6.38. The summed E-state index contributed by atoms with van der Waals surface area (Å²) in [5.74, 6) is 1.97. The molecule has 1 aromatic carbocycles. The van der Waals surface area contributed by atoms with Gasteiger partial charge >= 0.3 is 0 Å². The molecule has 0 heterocycles. The van der Waals surface area contributed by atoms with Gasteiger partial charge in [-0.1, -0.05) is 25.8 Å². The molecule has 0 spiro atoms. The highest BCUT2D eigenvalue weighted by Gasteiger charge is 2.21. The molecule has 2 atom stereocenters. The number of ether oxygens (including phenoxy) is 3. The number of benzene rings is 1. The third-order valence-electron chi connectivity index (χ3n) is 4.63. The third kappa shape index (κ3) is 5.41. The van der Waals surface area contributed by atoms with Gasteiger partial charge in [0.15, 0.2) is 0 Å². The molecule has 5 heteroatoms. The maximum atomic E-state index is 12.1. The fourth-order valence-corrected chi connectivity index (χ4v) is 3.16. The molecule has 0 unspecified atom stereocenters. The van der Waals surface area contributed by atoms with E-state index in [2.05, 4.69) is 12.2 Å². The summed E-state index contributed by atoms with van der Waals surface area (Å²) in [6.45, 7) is 3.36. The first-order valence-corrected chi connectivity index (χ1v) is 8.73. The molecule has 5 nitrogen and oxygen atoms in total. The van der Waals surface area contributed by atoms with E-state index >= 15 is 0 Å². The Hall–Kier alpha value is -1.75. The van der Waals surface area contributed by atoms with Gasteiger partial charge in [0.2, 0.25) is 5.91 Å². The van der Waals surface area contributed by atoms with Gasteiger partial charge in [-0.05, 0) is 24.8 Å². The number of hydrogen-bond acceptors (Lipinski definition) is 4. The first-order valence-electron chi connectivity index (χ1n) is 8.73. The minimum absolute atomic E-state index is 0.0289. The Bertz CT molecular complexity index is 532. The van der Waals surface area contributed by atoms with Crippen molar-refractivity contribution in [3.05, 3.63) is 23.8 Å². The van der Waals surface area contributed by atoms with Crippen LogP contribution in [-0.2, 0) is 16.0 Å². The maximum absolute atomic E-state index is 12.1. The smallest absolute Gasteiger partial charge is 0.224 e. The summed E-state index contributed by atoms with van der Waals surface area (Å²) < 4.78 is 16.4. The first-order chi connectivity index (χ1) is 11.6. The van der Waals surface area contributed by atoms with Crippen molar-refractivity contribution in [2.24, 2.45) is 5.92 Å². The fourth-order valence-electron chi connectivity index (χ4n) is 3.16. The van der Waals surface area contributed by atoms with Crippen LogP contribution in [0.15, 0.2) is 18.2 Å². The lowest BCUT2D eigenvalue weighted by Gasteiger charge is -2.28. The van der Waals surface area contributed by atoms with E-state index in [1.54, 1.807) is 20.3 Å². The molecule has 1 aliphatic carbocycles. The van der Waals surface area contributed by atoms with Crippen LogP contribution in [0.1, 0.15) is 38.2 Å². The van der Waals surface area contributed by atoms with Crippen LogP contribution in [0.3, 0.4) is 0 Å². The number of carbonyl (C=O) groups is 1. The zero-order chi connectivity index (χ0) is 17.4. The van der Waals surface area contributed by atoms with Gasteiger partial charge in [0.25, 0.3) is 0 Å². The molecule has 1 aromatic rings. The van der Waals surface area contributed by atoms with E-state index in [1.165, 1.54) is 19.3 Å². The Kier molecular flexibility index (Phi) is 7.37. The van der Waals surface area contributed by atoms with Gasteiger partial charge in [0, 0.05) is 18.2 Å². The molecule has 134 valence electrons. The summed E-state index contributed by atoms with van der Waals surface area (Å²) in [6, 6.07) is 5.48. The van der Waals surface area contributed by atoms with Crippen molar-refractivity contribution < 1.29 is 19.0 Å². The molecule has 1 aliphatic rings. The summed E-state index contributed by atoms with van der Waals surface area (Å²) in [6.07, 6.45) is 5.57. The lowest BCUT2D eigenvalue weighted by Crippen LogP contribution is -2.32. The predicted octanol–water partition coefficient (Wildman–Crippen LogP) is 2.96. The largest absolute Gasteiger partial charge is 0.497 e. The van der Waals surface area contributed by atoms with Gasteiger partial charge in [0.1, 0.15) is 11.5 Å². The Balaban J connectivity index is 1.73. The average Bonchev–Trinajstić information content (AvgIpc) is 2.60. The van der Waals surface area contributed by atoms with Crippen LogP contribution in [0.25, 0.3) is 0 Å². The summed E-state index contributed by atoms with van der Waals surface area (Å²) >= 11 is 0. The molecule has 24 heavy (non-hydrogen) atoms. The quantitative estimate of drug-likeness (QED) is 0.742. The van der Waals surface area contributed by atoms with E-state index in [0.29, 0.717) is 36.7 Å². The van der Waals surface area contributed by atoms with E-state index in [1.807, 2.05) is 12.1 Å². The molecule has 1 N–H and O–H groups in total. The summed E-state index contributed by atoms with van der Waals surface area (Å²) in [4.78, 5) is 12.1. The molecule has 1 fully saturated rings. The van der Waals surface area contributed by atoms with Crippen LogP contribution in [0.5, 0.6) is 11.5 Å². The Morgan fingerprint density at radius 3 is 2.71 bits per heavy atom. The minimum Gasteiger partial charge on any atom is -0.497 e. The number of amides is 1. The van der Waals surface area contributed by atoms with E-state index in [0.717, 1.165) is 12.0 Å². The number of carbonyl (C=O) groups excluding carboxylic acids is 1. The van der Waals surface area contributed by atoms with Crippen LogP contribution in [0.2, 0.25) is 0 Å². The van der Waals surface area contributed by atoms with Crippen molar-refractivity contribution in [2.45, 2.75) is 45.1 Å². The molecule has 0 radical (unpaired) electrons. The fraction of sp³-hybridized carbons (Fsp3) is 0.632. The van der Waals surface area contributed by atoms with Gasteiger partial charge in [-0.2, -0.15) is 0 Å². The number of hydrogen-bond donors (Lipinski definition) is 1. The number of methoxy groups -OCH3 is 2. The Labute approximate surface area is 144 Å². The first kappa shape index (κ1) is 18.6. The molecule has 0 aromatic heterocycles. The van der Waals surface area contributed by atoms with Crippen LogP contribution in [0.4, 0.5) is 0 Å². The van der Waals surface area contributed by atoms with Gasteiger partial charge in [-0.15, -0.1) is 0 Å². The molecular formula is C19H29NO4. The monoisotopic (exact) mass is 335 g/mol. The van der Waals surface area contributed by atoms with Crippen molar-refractivity contribution in [2.75, 3.05) is 27.4 Å². The zero-order valence-corrected chi connectivity index (χ0v) is 15.0. The predicted molar refractivity (Wildman–Crippen MR) is 93.6 cm³/mol. The second kappa shape index (κ2) is 9.52. The molecule has 1 amide bonds. The van der Waals surface area contributed by atoms with Crippen molar-refractivity contribution in [3.8, 4) is 11.5 Å². The van der Waals surface area contributed by atoms with Gasteiger partial charge < -0.3 is 19.5 Å². The highest BCUT2D eigenvalue weighted by atomic mass is 16.5. The summed E-state index contributed by atoms with van der Waals surface area (Å²) in [7, 11) is 3.20. The van der Waals surface area contributed by atoms with Gasteiger partial charge in [0.05, 0.1) is 33.4 Å². The lowest BCUT2D eigenvalue weighted by atomic mass is 9.88. The summed E-state index contributed by atoms with van der Waals surface area (Å²) in [5.41, 5.74) is 0.845. The van der Waals surface area contributed by atoms with Crippen LogP contribution in [0, 0.1) is 5.92 Å². The van der Waals surface area contributed by atoms with E-state index in [-0.39, 0.29) is 12.3 Å². The molecule has 0 aliphatic heterocycles. The van der Waals surface area contributed by atoms with Crippen LogP contribution in [-0.4, -0.2) is 39.4 Å². The second-order valence-electron chi connectivity index (χ2n) is 6.38. The SMILES string of the molecule is COc1ccc(CC(=O)NCCO[C@@H]2CCCC[C@@H]2C)c(OC)c1. The third-order valence-corrected chi connectivity index (χ3v) is 4.63. The topological polar surface area (TPSA) is 56.8 Å². The molecule has 2 rings (SSSR count). The minimum atomic E-state index is -0.0289. The van der Waals surface area contributed by atoms with E-state index in [4.69, 9.17) is 14.2 Å². The zero-order valence-electron chi connectivity index (χ0n) is 15.0. The van der Waals surface area contributed by atoms with Crippen molar-refractivity contribution in [3.63, 3.8) is 0 Å². The lowest BCUT2D eigenvalue weighted by molar-refractivity contribution is -0.120. The highest BCUT2D eigenvalue weighted by molar-refractivity contribution is 5.79. The number of rotatable bonds is 8. The van der Waals surface area contributed by atoms with E-state index in [9.17, 15) is 4.79 Å². The van der Waals surface area contributed by atoms with Gasteiger partial charge in [-0.3, -0.25) is 4.79 Å². The highest BCUT2D eigenvalue weighted by Crippen LogP contribution is 2.26. The molecular weight excluding hydrogens is 306 g/mol. The average molecular weight is 335 g/mol. The standard InChI is InChI=1S/C19H29NO4/c1-14-6-4-5-7-17(14)24-11-10-20-19(21)12-15-8-9-16(22-2)13-18(15)23-3/h8-9,13-14,17H,4-7,10-12H2,1-3H3,(H,20,21)/t14-,17+/m0/s1.